The minimum atomic E-state index is -4.59. The highest BCUT2D eigenvalue weighted by molar-refractivity contribution is 5.89. The number of imidazole rings is 1. The fourth-order valence-corrected chi connectivity index (χ4v) is 4.13. The number of rotatable bonds is 2. The molecule has 0 radical (unpaired) electrons. The van der Waals surface area contributed by atoms with E-state index in [1.54, 1.807) is 29.2 Å². The lowest BCUT2D eigenvalue weighted by Crippen LogP contribution is -2.42. The van der Waals surface area contributed by atoms with E-state index >= 15 is 0 Å². The molecule has 32 heavy (non-hydrogen) atoms. The van der Waals surface area contributed by atoms with Crippen molar-refractivity contribution in [1.82, 2.24) is 19.4 Å². The van der Waals surface area contributed by atoms with Gasteiger partial charge in [-0.2, -0.15) is 13.2 Å². The zero-order valence-electron chi connectivity index (χ0n) is 16.9. The Morgan fingerprint density at radius 1 is 1.09 bits per heavy atom. The number of hydrogen-bond acceptors (Lipinski definition) is 5. The van der Waals surface area contributed by atoms with E-state index in [1.807, 2.05) is 0 Å². The summed E-state index contributed by atoms with van der Waals surface area (Å²) in [7, 11) is 0. The Morgan fingerprint density at radius 3 is 2.59 bits per heavy atom. The SMILES string of the molecule is O=C(Nc1ccc2c(c1)OCCO2)N1CCC(n2c(C(F)(F)F)nc3cccnc32)CC1. The largest absolute Gasteiger partial charge is 0.486 e. The molecule has 4 heterocycles. The van der Waals surface area contributed by atoms with Gasteiger partial charge in [0.2, 0.25) is 5.82 Å². The molecular weight excluding hydrogens is 427 g/mol. The predicted molar refractivity (Wildman–Crippen MR) is 109 cm³/mol. The number of alkyl halides is 3. The molecule has 1 N–H and O–H groups in total. The number of ether oxygens (including phenoxy) is 2. The highest BCUT2D eigenvalue weighted by atomic mass is 19.4. The summed E-state index contributed by atoms with van der Waals surface area (Å²) in [6.07, 6.45) is -2.41. The van der Waals surface area contributed by atoms with Crippen LogP contribution in [0, 0.1) is 0 Å². The average Bonchev–Trinajstić information content (AvgIpc) is 3.19. The average molecular weight is 447 g/mol. The standard InChI is InChI=1S/C21H20F3N5O3/c22-21(23,24)19-27-15-2-1-7-25-18(15)29(19)14-5-8-28(9-6-14)20(30)26-13-3-4-16-17(12-13)32-11-10-31-16/h1-4,7,12,14H,5-6,8-11H2,(H,26,30). The summed E-state index contributed by atoms with van der Waals surface area (Å²) in [4.78, 5) is 22.2. The van der Waals surface area contributed by atoms with Gasteiger partial charge in [-0.25, -0.2) is 14.8 Å². The van der Waals surface area contributed by atoms with Gasteiger partial charge >= 0.3 is 12.2 Å². The normalized spacial score (nSPS) is 16.9. The number of pyridine rings is 1. The Hall–Kier alpha value is -3.50. The maximum absolute atomic E-state index is 13.6. The lowest BCUT2D eigenvalue weighted by molar-refractivity contribution is -0.147. The molecule has 5 rings (SSSR count). The molecule has 2 aliphatic heterocycles. The molecule has 0 atom stereocenters. The molecule has 0 saturated carbocycles. The summed E-state index contributed by atoms with van der Waals surface area (Å²) >= 11 is 0. The van der Waals surface area contributed by atoms with Crippen LogP contribution >= 0.6 is 0 Å². The van der Waals surface area contributed by atoms with E-state index in [9.17, 15) is 18.0 Å². The van der Waals surface area contributed by atoms with Gasteiger partial charge in [-0.15, -0.1) is 0 Å². The smallest absolute Gasteiger partial charge is 0.449 e. The van der Waals surface area contributed by atoms with Crippen LogP contribution in [-0.4, -0.2) is 51.8 Å². The third-order valence-corrected chi connectivity index (χ3v) is 5.61. The summed E-state index contributed by atoms with van der Waals surface area (Å²) in [6, 6.07) is 7.45. The monoisotopic (exact) mass is 447 g/mol. The number of carbonyl (C=O) groups excluding carboxylic acids is 1. The van der Waals surface area contributed by atoms with Crippen LogP contribution < -0.4 is 14.8 Å². The number of likely N-dealkylation sites (tertiary alicyclic amines) is 1. The van der Waals surface area contributed by atoms with E-state index in [2.05, 4.69) is 15.3 Å². The predicted octanol–water partition coefficient (Wildman–Crippen LogP) is 4.09. The van der Waals surface area contributed by atoms with Crippen molar-refractivity contribution in [1.29, 1.82) is 0 Å². The molecule has 2 aromatic heterocycles. The zero-order valence-corrected chi connectivity index (χ0v) is 16.9. The second-order valence-corrected chi connectivity index (χ2v) is 7.66. The molecule has 2 amide bonds. The van der Waals surface area contributed by atoms with E-state index < -0.39 is 18.0 Å². The summed E-state index contributed by atoms with van der Waals surface area (Å²) in [5.41, 5.74) is 0.975. The van der Waals surface area contributed by atoms with Gasteiger partial charge in [0.05, 0.1) is 0 Å². The van der Waals surface area contributed by atoms with Crippen molar-refractivity contribution in [2.45, 2.75) is 25.1 Å². The second-order valence-electron chi connectivity index (χ2n) is 7.66. The van der Waals surface area contributed by atoms with Crippen LogP contribution in [0.3, 0.4) is 0 Å². The van der Waals surface area contributed by atoms with Gasteiger partial charge in [0, 0.05) is 37.1 Å². The van der Waals surface area contributed by atoms with Gasteiger partial charge in [0.25, 0.3) is 0 Å². The summed E-state index contributed by atoms with van der Waals surface area (Å²) < 4.78 is 53.0. The number of nitrogens with zero attached hydrogens (tertiary/aromatic N) is 4. The number of amides is 2. The fourth-order valence-electron chi connectivity index (χ4n) is 4.13. The summed E-state index contributed by atoms with van der Waals surface area (Å²) in [5, 5.41) is 2.82. The van der Waals surface area contributed by atoms with Gasteiger partial charge in [0.1, 0.15) is 18.7 Å². The number of anilines is 1. The van der Waals surface area contributed by atoms with Crippen molar-refractivity contribution < 1.29 is 27.4 Å². The lowest BCUT2D eigenvalue weighted by atomic mass is 10.0. The minimum absolute atomic E-state index is 0.207. The molecule has 0 unspecified atom stereocenters. The maximum Gasteiger partial charge on any atom is 0.449 e. The second kappa shape index (κ2) is 7.88. The van der Waals surface area contributed by atoms with E-state index in [0.29, 0.717) is 56.3 Å². The molecule has 168 valence electrons. The zero-order chi connectivity index (χ0) is 22.3. The lowest BCUT2D eigenvalue weighted by Gasteiger charge is -2.33. The Morgan fingerprint density at radius 2 is 1.84 bits per heavy atom. The molecule has 3 aromatic rings. The first-order valence-corrected chi connectivity index (χ1v) is 10.3. The highest BCUT2D eigenvalue weighted by Gasteiger charge is 2.40. The van der Waals surface area contributed by atoms with Crippen LogP contribution in [0.25, 0.3) is 11.2 Å². The highest BCUT2D eigenvalue weighted by Crippen LogP contribution is 2.36. The third-order valence-electron chi connectivity index (χ3n) is 5.61. The first-order valence-electron chi connectivity index (χ1n) is 10.3. The summed E-state index contributed by atoms with van der Waals surface area (Å²) in [5.74, 6) is 0.231. The van der Waals surface area contributed by atoms with Crippen molar-refractivity contribution in [3.8, 4) is 11.5 Å². The molecular formula is C21H20F3N5O3. The van der Waals surface area contributed by atoms with Crippen molar-refractivity contribution in [3.63, 3.8) is 0 Å². The number of piperidine rings is 1. The Kier molecular flexibility index (Phi) is 5.03. The van der Waals surface area contributed by atoms with Crippen LogP contribution in [-0.2, 0) is 6.18 Å². The number of aromatic nitrogens is 3. The molecule has 8 nitrogen and oxygen atoms in total. The van der Waals surface area contributed by atoms with Gasteiger partial charge in [-0.05, 0) is 37.1 Å². The number of hydrogen-bond donors (Lipinski definition) is 1. The van der Waals surface area contributed by atoms with E-state index in [4.69, 9.17) is 9.47 Å². The minimum Gasteiger partial charge on any atom is -0.486 e. The van der Waals surface area contributed by atoms with Crippen LogP contribution in [0.1, 0.15) is 24.7 Å². The van der Waals surface area contributed by atoms with Crippen molar-refractivity contribution >= 4 is 22.9 Å². The van der Waals surface area contributed by atoms with Gasteiger partial charge in [-0.1, -0.05) is 0 Å². The number of fused-ring (bicyclic) bond motifs is 2. The molecule has 1 saturated heterocycles. The van der Waals surface area contributed by atoms with E-state index in [-0.39, 0.29) is 17.2 Å². The van der Waals surface area contributed by atoms with Crippen LogP contribution in [0.4, 0.5) is 23.7 Å². The number of urea groups is 1. The van der Waals surface area contributed by atoms with Gasteiger partial charge in [0.15, 0.2) is 17.1 Å². The number of carbonyl (C=O) groups is 1. The van der Waals surface area contributed by atoms with Crippen molar-refractivity contribution in [2.75, 3.05) is 31.6 Å². The number of halogens is 3. The fraction of sp³-hybridized carbons (Fsp3) is 0.381. The Bertz CT molecular complexity index is 1160. The molecule has 0 bridgehead atoms. The molecule has 1 aromatic carbocycles. The molecule has 1 fully saturated rings. The molecule has 0 spiro atoms. The van der Waals surface area contributed by atoms with Gasteiger partial charge < -0.3 is 24.3 Å². The molecule has 2 aliphatic rings. The molecule has 0 aliphatic carbocycles. The first kappa shape index (κ1) is 20.4. The topological polar surface area (TPSA) is 81.5 Å². The number of nitrogens with one attached hydrogen (secondary N) is 1. The van der Waals surface area contributed by atoms with Crippen molar-refractivity contribution in [3.05, 3.63) is 42.4 Å². The van der Waals surface area contributed by atoms with E-state index in [0.717, 1.165) is 0 Å². The third kappa shape index (κ3) is 3.78. The van der Waals surface area contributed by atoms with Crippen LogP contribution in [0.2, 0.25) is 0 Å². The Labute approximate surface area is 180 Å². The van der Waals surface area contributed by atoms with E-state index in [1.165, 1.54) is 16.8 Å². The van der Waals surface area contributed by atoms with Crippen molar-refractivity contribution in [2.24, 2.45) is 0 Å². The Balaban J connectivity index is 1.29. The van der Waals surface area contributed by atoms with Crippen LogP contribution in [0.15, 0.2) is 36.5 Å². The number of benzene rings is 1. The maximum atomic E-state index is 13.6. The quantitative estimate of drug-likeness (QED) is 0.640. The van der Waals surface area contributed by atoms with Crippen LogP contribution in [0.5, 0.6) is 11.5 Å². The summed E-state index contributed by atoms with van der Waals surface area (Å²) in [6.45, 7) is 1.54. The van der Waals surface area contributed by atoms with Gasteiger partial charge in [-0.3, -0.25) is 0 Å². The molecule has 11 heteroatoms. The first-order chi connectivity index (χ1) is 15.4.